The molecule has 2 heterocycles. The van der Waals surface area contributed by atoms with Gasteiger partial charge >= 0.3 is 0 Å². The molecule has 4 rings (SSSR count). The maximum absolute atomic E-state index is 6.22. The Labute approximate surface area is 181 Å². The molecule has 1 N–H and O–H groups in total. The molecule has 0 aliphatic carbocycles. The van der Waals surface area contributed by atoms with Crippen LogP contribution in [0.5, 0.6) is 11.5 Å². The lowest BCUT2D eigenvalue weighted by molar-refractivity contribution is 0.174. The van der Waals surface area contributed by atoms with Crippen LogP contribution in [0.2, 0.25) is 5.02 Å². The van der Waals surface area contributed by atoms with E-state index in [4.69, 9.17) is 26.1 Å². The van der Waals surface area contributed by atoms with Crippen molar-refractivity contribution in [1.82, 2.24) is 14.9 Å². The van der Waals surface area contributed by atoms with Crippen molar-refractivity contribution in [1.29, 1.82) is 0 Å². The van der Waals surface area contributed by atoms with E-state index in [9.17, 15) is 0 Å². The summed E-state index contributed by atoms with van der Waals surface area (Å²) in [6, 6.07) is 11.5. The number of hydrogen-bond acceptors (Lipinski definition) is 6. The highest BCUT2D eigenvalue weighted by atomic mass is 35.5. The average Bonchev–Trinajstić information content (AvgIpc) is 3.23. The zero-order valence-corrected chi connectivity index (χ0v) is 17.9. The molecule has 6 nitrogen and oxygen atoms in total. The first-order valence-corrected chi connectivity index (χ1v) is 10.6. The van der Waals surface area contributed by atoms with Crippen molar-refractivity contribution in [2.75, 3.05) is 38.3 Å². The van der Waals surface area contributed by atoms with Gasteiger partial charge in [0.05, 0.1) is 5.52 Å². The van der Waals surface area contributed by atoms with Gasteiger partial charge in [0.2, 0.25) is 6.79 Å². The molecule has 0 radical (unpaired) electrons. The molecule has 0 atom stereocenters. The number of nitrogens with one attached hydrogen (secondary N) is 1. The second-order valence-electron chi connectivity index (χ2n) is 6.99. The molecule has 0 fully saturated rings. The van der Waals surface area contributed by atoms with E-state index in [1.54, 1.807) is 0 Å². The molecular formula is C23H25ClN4O2. The van der Waals surface area contributed by atoms with Crippen LogP contribution in [0.1, 0.15) is 25.2 Å². The van der Waals surface area contributed by atoms with Gasteiger partial charge in [-0.15, -0.1) is 0 Å². The maximum atomic E-state index is 6.22. The molecule has 0 saturated heterocycles. The Bertz CT molecular complexity index is 1070. The average molecular weight is 425 g/mol. The van der Waals surface area contributed by atoms with Crippen LogP contribution in [-0.4, -0.2) is 47.8 Å². The molecule has 1 aliphatic rings. The summed E-state index contributed by atoms with van der Waals surface area (Å²) in [5, 5.41) is 5.05. The number of nitrogens with zero attached hydrogens (tertiary/aromatic N) is 3. The molecule has 0 amide bonds. The Hall–Kier alpha value is -2.83. The molecule has 0 unspecified atom stereocenters. The van der Waals surface area contributed by atoms with Crippen LogP contribution < -0.4 is 14.8 Å². The summed E-state index contributed by atoms with van der Waals surface area (Å²) in [5.41, 5.74) is 1.85. The summed E-state index contributed by atoms with van der Waals surface area (Å²) in [6.07, 6.45) is 3.87. The predicted octanol–water partition coefficient (Wildman–Crippen LogP) is 4.94. The minimum absolute atomic E-state index is 0.265. The van der Waals surface area contributed by atoms with Crippen LogP contribution in [0.25, 0.3) is 23.1 Å². The van der Waals surface area contributed by atoms with Gasteiger partial charge in [-0.05, 0) is 55.1 Å². The Morgan fingerprint density at radius 3 is 2.70 bits per heavy atom. The SMILES string of the molecule is CCN(CC)CCNc1nc(/C=C/c2ccc3c(c2)OCO3)nc2ccc(Cl)cc12. The number of aromatic nitrogens is 2. The Morgan fingerprint density at radius 2 is 1.87 bits per heavy atom. The van der Waals surface area contributed by atoms with Gasteiger partial charge in [-0.1, -0.05) is 37.6 Å². The second-order valence-corrected chi connectivity index (χ2v) is 7.43. The van der Waals surface area contributed by atoms with E-state index >= 15 is 0 Å². The molecular weight excluding hydrogens is 400 g/mol. The minimum atomic E-state index is 0.265. The van der Waals surface area contributed by atoms with Gasteiger partial charge in [-0.25, -0.2) is 9.97 Å². The van der Waals surface area contributed by atoms with Crippen LogP contribution in [0, 0.1) is 0 Å². The number of benzene rings is 2. The van der Waals surface area contributed by atoms with Gasteiger partial charge < -0.3 is 19.7 Å². The van der Waals surface area contributed by atoms with Crippen molar-refractivity contribution in [3.63, 3.8) is 0 Å². The van der Waals surface area contributed by atoms with Crippen molar-refractivity contribution in [2.45, 2.75) is 13.8 Å². The third kappa shape index (κ3) is 4.66. The molecule has 3 aromatic rings. The van der Waals surface area contributed by atoms with Crippen molar-refractivity contribution >= 4 is 40.5 Å². The highest BCUT2D eigenvalue weighted by Gasteiger charge is 2.12. The largest absolute Gasteiger partial charge is 0.454 e. The van der Waals surface area contributed by atoms with Gasteiger partial charge in [0.25, 0.3) is 0 Å². The molecule has 0 spiro atoms. The smallest absolute Gasteiger partial charge is 0.231 e. The summed E-state index contributed by atoms with van der Waals surface area (Å²) < 4.78 is 10.8. The van der Waals surface area contributed by atoms with Crippen molar-refractivity contribution < 1.29 is 9.47 Å². The zero-order valence-electron chi connectivity index (χ0n) is 17.2. The fourth-order valence-electron chi connectivity index (χ4n) is 3.39. The number of rotatable bonds is 8. The van der Waals surface area contributed by atoms with Gasteiger partial charge in [0.1, 0.15) is 5.82 Å². The lowest BCUT2D eigenvalue weighted by Crippen LogP contribution is -2.28. The first-order valence-electron chi connectivity index (χ1n) is 10.2. The topological polar surface area (TPSA) is 59.5 Å². The van der Waals surface area contributed by atoms with Crippen molar-refractivity contribution in [2.24, 2.45) is 0 Å². The summed E-state index contributed by atoms with van der Waals surface area (Å²) in [7, 11) is 0. The lowest BCUT2D eigenvalue weighted by Gasteiger charge is -2.18. The number of ether oxygens (including phenoxy) is 2. The molecule has 1 aliphatic heterocycles. The van der Waals surface area contributed by atoms with E-state index in [1.807, 2.05) is 48.6 Å². The van der Waals surface area contributed by atoms with E-state index in [2.05, 4.69) is 29.0 Å². The normalized spacial score (nSPS) is 12.9. The molecule has 30 heavy (non-hydrogen) atoms. The Balaban J connectivity index is 1.59. The third-order valence-electron chi connectivity index (χ3n) is 5.11. The van der Waals surface area contributed by atoms with Gasteiger partial charge in [0.15, 0.2) is 17.3 Å². The first kappa shape index (κ1) is 20.4. The van der Waals surface area contributed by atoms with Gasteiger partial charge in [-0.2, -0.15) is 0 Å². The Morgan fingerprint density at radius 1 is 1.03 bits per heavy atom. The Kier molecular flexibility index (Phi) is 6.35. The van der Waals surface area contributed by atoms with Crippen LogP contribution in [0.3, 0.4) is 0 Å². The van der Waals surface area contributed by atoms with Crippen molar-refractivity contribution in [3.8, 4) is 11.5 Å². The summed E-state index contributed by atoms with van der Waals surface area (Å²) >= 11 is 6.22. The fraction of sp³-hybridized carbons (Fsp3) is 0.304. The van der Waals surface area contributed by atoms with Crippen LogP contribution in [0.15, 0.2) is 36.4 Å². The van der Waals surface area contributed by atoms with Crippen molar-refractivity contribution in [3.05, 3.63) is 52.8 Å². The first-order chi connectivity index (χ1) is 14.7. The number of likely N-dealkylation sites (N-methyl/N-ethyl adjacent to an activating group) is 1. The quantitative estimate of drug-likeness (QED) is 0.553. The molecule has 1 aromatic heterocycles. The summed E-state index contributed by atoms with van der Waals surface area (Å²) in [4.78, 5) is 11.8. The van der Waals surface area contributed by atoms with Crippen LogP contribution in [0.4, 0.5) is 5.82 Å². The molecule has 2 aromatic carbocycles. The highest BCUT2D eigenvalue weighted by Crippen LogP contribution is 2.33. The number of hydrogen-bond donors (Lipinski definition) is 1. The zero-order chi connectivity index (χ0) is 20.9. The van der Waals surface area contributed by atoms with E-state index < -0.39 is 0 Å². The van der Waals surface area contributed by atoms with E-state index in [1.165, 1.54) is 0 Å². The molecule has 0 saturated carbocycles. The number of anilines is 1. The highest BCUT2D eigenvalue weighted by molar-refractivity contribution is 6.31. The molecule has 7 heteroatoms. The fourth-order valence-corrected chi connectivity index (χ4v) is 3.56. The third-order valence-corrected chi connectivity index (χ3v) is 5.35. The van der Waals surface area contributed by atoms with Crippen LogP contribution >= 0.6 is 11.6 Å². The minimum Gasteiger partial charge on any atom is -0.454 e. The summed E-state index contributed by atoms with van der Waals surface area (Å²) in [5.74, 6) is 2.95. The predicted molar refractivity (Wildman–Crippen MR) is 122 cm³/mol. The standard InChI is InChI=1S/C23H25ClN4O2/c1-3-28(4-2)12-11-25-23-18-14-17(24)7-8-19(18)26-22(27-23)10-6-16-5-9-20-21(13-16)30-15-29-20/h5-10,13-14H,3-4,11-12,15H2,1-2H3,(H,25,26,27)/b10-6+. The lowest BCUT2D eigenvalue weighted by atomic mass is 10.2. The second kappa shape index (κ2) is 9.32. The van der Waals surface area contributed by atoms with E-state index in [0.29, 0.717) is 10.8 Å². The van der Waals surface area contributed by atoms with E-state index in [0.717, 1.165) is 60.0 Å². The molecule has 156 valence electrons. The summed E-state index contributed by atoms with van der Waals surface area (Å²) in [6.45, 7) is 8.40. The van der Waals surface area contributed by atoms with Crippen LogP contribution in [-0.2, 0) is 0 Å². The maximum Gasteiger partial charge on any atom is 0.231 e. The van der Waals surface area contributed by atoms with E-state index in [-0.39, 0.29) is 6.79 Å². The van der Waals surface area contributed by atoms with Gasteiger partial charge in [0, 0.05) is 23.5 Å². The number of halogens is 1. The monoisotopic (exact) mass is 424 g/mol. The molecule has 0 bridgehead atoms. The number of fused-ring (bicyclic) bond motifs is 2. The van der Waals surface area contributed by atoms with Gasteiger partial charge in [-0.3, -0.25) is 0 Å².